The van der Waals surface area contributed by atoms with Crippen LogP contribution in [0.25, 0.3) is 0 Å². The van der Waals surface area contributed by atoms with E-state index in [9.17, 15) is 18.0 Å². The van der Waals surface area contributed by atoms with Crippen LogP contribution in [0.5, 0.6) is 11.5 Å². The number of nitrogens with one attached hydrogen (secondary N) is 1. The van der Waals surface area contributed by atoms with Crippen LogP contribution in [0, 0.1) is 0 Å². The van der Waals surface area contributed by atoms with Crippen LogP contribution in [0.3, 0.4) is 0 Å². The highest BCUT2D eigenvalue weighted by Crippen LogP contribution is 2.35. The molecule has 1 heterocycles. The molecule has 3 rings (SSSR count). The number of likely N-dealkylation sites (N-methyl/N-ethyl adjacent to an activating group) is 1. The van der Waals surface area contributed by atoms with Gasteiger partial charge in [-0.3, -0.25) is 13.9 Å². The molecule has 202 valence electrons. The zero-order chi connectivity index (χ0) is 27.2. The second-order valence-electron chi connectivity index (χ2n) is 8.61. The predicted molar refractivity (Wildman–Crippen MR) is 144 cm³/mol. The van der Waals surface area contributed by atoms with Gasteiger partial charge in [-0.25, -0.2) is 8.42 Å². The summed E-state index contributed by atoms with van der Waals surface area (Å²) in [6.45, 7) is 4.90. The second kappa shape index (κ2) is 12.7. The molecule has 2 aromatic carbocycles. The number of sulfonamides is 1. The molecule has 0 spiro atoms. The molecule has 0 radical (unpaired) electrons. The molecule has 1 aliphatic rings. The first-order valence-electron chi connectivity index (χ1n) is 11.9. The Bertz CT molecular complexity index is 1240. The molecule has 0 bridgehead atoms. The second-order valence-corrected chi connectivity index (χ2v) is 11.3. The first-order valence-corrected chi connectivity index (χ1v) is 14.5. The molecule has 37 heavy (non-hydrogen) atoms. The van der Waals surface area contributed by atoms with E-state index >= 15 is 0 Å². The zero-order valence-electron chi connectivity index (χ0n) is 21.0. The number of rotatable bonds is 11. The lowest BCUT2D eigenvalue weighted by Gasteiger charge is -2.29. The topological polar surface area (TPSA) is 105 Å². The van der Waals surface area contributed by atoms with Crippen molar-refractivity contribution < 1.29 is 27.5 Å². The predicted octanol–water partition coefficient (Wildman–Crippen LogP) is 3.86. The summed E-state index contributed by atoms with van der Waals surface area (Å²) in [6.07, 6.45) is 1.38. The molecule has 0 saturated heterocycles. The fourth-order valence-corrected chi connectivity index (χ4v) is 5.21. The molecular formula is C25H31Cl2N3O6S. The standard InChI is InChI=1S/C25H31Cl2N3O6S/c1-4-28-25(32)17(2)29(16-18-7-9-20(26)21(27)14-18)24(31)6-5-11-30(37(3,33)34)19-8-10-22-23(15-19)36-13-12-35-22/h7-10,14-15,17H,4-6,11-13,16H2,1-3H3,(H,28,32). The maximum atomic E-state index is 13.3. The molecule has 0 fully saturated rings. The van der Waals surface area contributed by atoms with Gasteiger partial charge in [-0.15, -0.1) is 0 Å². The average molecular weight is 573 g/mol. The average Bonchev–Trinajstić information content (AvgIpc) is 2.85. The summed E-state index contributed by atoms with van der Waals surface area (Å²) < 4.78 is 37.4. The smallest absolute Gasteiger partial charge is 0.242 e. The number of hydrogen-bond donors (Lipinski definition) is 1. The molecular weight excluding hydrogens is 541 g/mol. The number of ether oxygens (including phenoxy) is 2. The summed E-state index contributed by atoms with van der Waals surface area (Å²) in [5.74, 6) is 0.443. The molecule has 0 aromatic heterocycles. The molecule has 1 unspecified atom stereocenters. The van der Waals surface area contributed by atoms with Crippen molar-refractivity contribution >= 4 is 50.7 Å². The Morgan fingerprint density at radius 2 is 1.76 bits per heavy atom. The largest absolute Gasteiger partial charge is 0.486 e. The minimum absolute atomic E-state index is 0.0294. The van der Waals surface area contributed by atoms with Crippen molar-refractivity contribution in [2.24, 2.45) is 0 Å². The van der Waals surface area contributed by atoms with Crippen molar-refractivity contribution in [3.05, 3.63) is 52.0 Å². The maximum Gasteiger partial charge on any atom is 0.242 e. The Kier molecular flexibility index (Phi) is 9.92. The van der Waals surface area contributed by atoms with Gasteiger partial charge in [0.05, 0.1) is 22.0 Å². The Morgan fingerprint density at radius 3 is 2.41 bits per heavy atom. The summed E-state index contributed by atoms with van der Waals surface area (Å²) in [5, 5.41) is 3.47. The minimum atomic E-state index is -3.64. The summed E-state index contributed by atoms with van der Waals surface area (Å²) in [4.78, 5) is 27.3. The van der Waals surface area contributed by atoms with Crippen LogP contribution in [-0.2, 0) is 26.2 Å². The van der Waals surface area contributed by atoms with Crippen LogP contribution < -0.4 is 19.1 Å². The lowest BCUT2D eigenvalue weighted by Crippen LogP contribution is -2.47. The van der Waals surface area contributed by atoms with Crippen molar-refractivity contribution in [1.82, 2.24) is 10.2 Å². The number of amides is 2. The van der Waals surface area contributed by atoms with Gasteiger partial charge in [0.1, 0.15) is 19.3 Å². The van der Waals surface area contributed by atoms with Crippen molar-refractivity contribution in [2.75, 3.05) is 36.9 Å². The summed E-state index contributed by atoms with van der Waals surface area (Å²) >= 11 is 12.2. The van der Waals surface area contributed by atoms with E-state index in [2.05, 4.69) is 5.32 Å². The number of benzene rings is 2. The normalized spacial score (nSPS) is 13.5. The van der Waals surface area contributed by atoms with Gasteiger partial charge in [0.25, 0.3) is 0 Å². The quantitative estimate of drug-likeness (QED) is 0.439. The number of nitrogens with zero attached hydrogens (tertiary/aromatic N) is 2. The van der Waals surface area contributed by atoms with Gasteiger partial charge in [0.15, 0.2) is 11.5 Å². The summed E-state index contributed by atoms with van der Waals surface area (Å²) in [7, 11) is -3.64. The van der Waals surface area contributed by atoms with Crippen LogP contribution in [0.1, 0.15) is 32.3 Å². The van der Waals surface area contributed by atoms with E-state index in [1.165, 1.54) is 9.21 Å². The monoisotopic (exact) mass is 571 g/mol. The van der Waals surface area contributed by atoms with E-state index in [0.29, 0.717) is 52.6 Å². The van der Waals surface area contributed by atoms with Gasteiger partial charge in [-0.2, -0.15) is 0 Å². The number of halogens is 2. The fourth-order valence-electron chi connectivity index (χ4n) is 3.93. The first-order chi connectivity index (χ1) is 17.5. The number of anilines is 1. The number of carbonyl (C=O) groups excluding carboxylic acids is 2. The third kappa shape index (κ3) is 7.66. The number of hydrogen-bond acceptors (Lipinski definition) is 6. The summed E-state index contributed by atoms with van der Waals surface area (Å²) in [6, 6.07) is 9.21. The molecule has 0 aliphatic carbocycles. The number of carbonyl (C=O) groups is 2. The fraction of sp³-hybridized carbons (Fsp3) is 0.440. The van der Waals surface area contributed by atoms with Gasteiger partial charge in [0.2, 0.25) is 21.8 Å². The Labute approximate surface area is 227 Å². The van der Waals surface area contributed by atoms with Gasteiger partial charge in [-0.1, -0.05) is 29.3 Å². The lowest BCUT2D eigenvalue weighted by atomic mass is 10.1. The van der Waals surface area contributed by atoms with E-state index in [-0.39, 0.29) is 37.7 Å². The van der Waals surface area contributed by atoms with Crippen LogP contribution >= 0.6 is 23.2 Å². The van der Waals surface area contributed by atoms with Gasteiger partial charge < -0.3 is 19.7 Å². The molecule has 1 aliphatic heterocycles. The minimum Gasteiger partial charge on any atom is -0.486 e. The van der Waals surface area contributed by atoms with E-state index in [1.807, 2.05) is 0 Å². The molecule has 1 N–H and O–H groups in total. The molecule has 0 saturated carbocycles. The van der Waals surface area contributed by atoms with Crippen LogP contribution in [0.15, 0.2) is 36.4 Å². The van der Waals surface area contributed by atoms with E-state index in [0.717, 1.165) is 6.26 Å². The first kappa shape index (κ1) is 28.9. The molecule has 1 atom stereocenters. The third-order valence-corrected chi connectivity index (χ3v) is 7.75. The van der Waals surface area contributed by atoms with Gasteiger partial charge >= 0.3 is 0 Å². The summed E-state index contributed by atoms with van der Waals surface area (Å²) in [5.41, 5.74) is 1.13. The highest BCUT2D eigenvalue weighted by atomic mass is 35.5. The van der Waals surface area contributed by atoms with Crippen molar-refractivity contribution in [3.63, 3.8) is 0 Å². The van der Waals surface area contributed by atoms with Crippen LogP contribution in [-0.4, -0.2) is 63.7 Å². The molecule has 2 amide bonds. The Morgan fingerprint density at radius 1 is 1.05 bits per heavy atom. The zero-order valence-corrected chi connectivity index (χ0v) is 23.3. The van der Waals surface area contributed by atoms with E-state index < -0.39 is 16.1 Å². The van der Waals surface area contributed by atoms with Gasteiger partial charge in [-0.05, 0) is 50.1 Å². The Hall–Kier alpha value is -2.69. The lowest BCUT2D eigenvalue weighted by molar-refractivity contribution is -0.140. The van der Waals surface area contributed by atoms with Crippen LogP contribution in [0.4, 0.5) is 5.69 Å². The van der Waals surface area contributed by atoms with Crippen molar-refractivity contribution in [3.8, 4) is 11.5 Å². The maximum absolute atomic E-state index is 13.3. The van der Waals surface area contributed by atoms with E-state index in [4.69, 9.17) is 32.7 Å². The Balaban J connectivity index is 1.74. The highest BCUT2D eigenvalue weighted by Gasteiger charge is 2.27. The van der Waals surface area contributed by atoms with Crippen molar-refractivity contribution in [2.45, 2.75) is 39.3 Å². The van der Waals surface area contributed by atoms with E-state index in [1.54, 1.807) is 50.2 Å². The SMILES string of the molecule is CCNC(=O)C(C)N(Cc1ccc(Cl)c(Cl)c1)C(=O)CCCN(c1ccc2c(c1)OCCO2)S(C)(=O)=O. The van der Waals surface area contributed by atoms with Gasteiger partial charge in [0, 0.05) is 32.1 Å². The molecule has 2 aromatic rings. The van der Waals surface area contributed by atoms with Crippen LogP contribution in [0.2, 0.25) is 10.0 Å². The highest BCUT2D eigenvalue weighted by molar-refractivity contribution is 7.92. The van der Waals surface area contributed by atoms with Crippen molar-refractivity contribution in [1.29, 1.82) is 0 Å². The number of fused-ring (bicyclic) bond motifs is 1. The third-order valence-electron chi connectivity index (χ3n) is 5.82. The molecule has 9 nitrogen and oxygen atoms in total. The molecule has 12 heteroatoms.